The molecule has 12 heteroatoms. The molecule has 35 heavy (non-hydrogen) atoms. The van der Waals surface area contributed by atoms with Crippen molar-refractivity contribution in [3.63, 3.8) is 0 Å². The van der Waals surface area contributed by atoms with Gasteiger partial charge < -0.3 is 15.4 Å². The van der Waals surface area contributed by atoms with Gasteiger partial charge in [-0.2, -0.15) is 13.2 Å². The topological polar surface area (TPSA) is 92.4 Å². The molecule has 3 N–H and O–H groups in total. The maximum Gasteiger partial charge on any atom is 0.416 e. The Morgan fingerprint density at radius 2 is 1.97 bits per heavy atom. The molecule has 0 aliphatic carbocycles. The van der Waals surface area contributed by atoms with Crippen molar-refractivity contribution in [3.8, 4) is 5.88 Å². The van der Waals surface area contributed by atoms with Crippen LogP contribution in [0.15, 0.2) is 36.5 Å². The van der Waals surface area contributed by atoms with Gasteiger partial charge in [0, 0.05) is 42.8 Å². The van der Waals surface area contributed by atoms with Crippen LogP contribution in [0.25, 0.3) is 0 Å². The molecule has 2 atom stereocenters. The summed E-state index contributed by atoms with van der Waals surface area (Å²) in [6.07, 6.45) is -7.27. The van der Waals surface area contributed by atoms with Gasteiger partial charge in [0.2, 0.25) is 17.7 Å². The lowest BCUT2D eigenvalue weighted by Crippen LogP contribution is -2.47. The second-order valence-electron chi connectivity index (χ2n) is 8.35. The van der Waals surface area contributed by atoms with Gasteiger partial charge in [-0.15, -0.1) is 0 Å². The summed E-state index contributed by atoms with van der Waals surface area (Å²) >= 11 is 0. The van der Waals surface area contributed by atoms with E-state index in [9.17, 15) is 31.5 Å². The van der Waals surface area contributed by atoms with Crippen molar-refractivity contribution in [1.82, 2.24) is 20.9 Å². The first-order valence-corrected chi connectivity index (χ1v) is 10.8. The zero-order valence-electron chi connectivity index (χ0n) is 19.0. The van der Waals surface area contributed by atoms with E-state index in [4.69, 9.17) is 4.74 Å². The van der Waals surface area contributed by atoms with Crippen molar-refractivity contribution in [3.05, 3.63) is 58.8 Å². The molecule has 2 heterocycles. The van der Waals surface area contributed by atoms with E-state index in [0.29, 0.717) is 11.1 Å². The highest BCUT2D eigenvalue weighted by Gasteiger charge is 2.38. The minimum Gasteiger partial charge on any atom is -0.472 e. The Morgan fingerprint density at radius 1 is 1.23 bits per heavy atom. The number of pyridine rings is 1. The van der Waals surface area contributed by atoms with Crippen LogP contribution in [0.2, 0.25) is 0 Å². The lowest BCUT2D eigenvalue weighted by molar-refractivity contribution is -0.139. The van der Waals surface area contributed by atoms with E-state index in [1.165, 1.54) is 30.5 Å². The van der Waals surface area contributed by atoms with Crippen LogP contribution < -0.4 is 20.7 Å². The van der Waals surface area contributed by atoms with E-state index in [1.807, 2.05) is 0 Å². The molecule has 190 valence electrons. The number of halogens is 5. The van der Waals surface area contributed by atoms with Gasteiger partial charge in [-0.3, -0.25) is 14.9 Å². The van der Waals surface area contributed by atoms with Crippen LogP contribution in [0.1, 0.15) is 54.7 Å². The third kappa shape index (κ3) is 7.10. The third-order valence-corrected chi connectivity index (χ3v) is 5.30. The average Bonchev–Trinajstić information content (AvgIpc) is 2.80. The Balaban J connectivity index is 1.84. The molecule has 3 rings (SSSR count). The van der Waals surface area contributed by atoms with Crippen molar-refractivity contribution in [1.29, 1.82) is 0 Å². The monoisotopic (exact) mass is 500 g/mol. The molecular formula is C23H25F5N4O3. The number of aromatic nitrogens is 1. The SMILES string of the molecule is CC(C)C(=O)NCc1ccc(C(F)(F)F)c(C2NC(=O)CC(c3ccc(OCC(F)F)nc3)N2)c1. The molecule has 2 amide bonds. The molecule has 1 saturated heterocycles. The Morgan fingerprint density at radius 3 is 2.57 bits per heavy atom. The van der Waals surface area contributed by atoms with E-state index in [1.54, 1.807) is 13.8 Å². The fourth-order valence-electron chi connectivity index (χ4n) is 3.53. The summed E-state index contributed by atoms with van der Waals surface area (Å²) in [5.74, 6) is -1.06. The number of rotatable bonds is 8. The van der Waals surface area contributed by atoms with Crippen LogP contribution in [-0.4, -0.2) is 29.8 Å². The summed E-state index contributed by atoms with van der Waals surface area (Å²) in [6, 6.07) is 5.65. The molecule has 0 radical (unpaired) electrons. The average molecular weight is 500 g/mol. The fourth-order valence-corrected chi connectivity index (χ4v) is 3.53. The Kier molecular flexibility index (Phi) is 8.26. The molecule has 7 nitrogen and oxygen atoms in total. The summed E-state index contributed by atoms with van der Waals surface area (Å²) in [7, 11) is 0. The van der Waals surface area contributed by atoms with Gasteiger partial charge in [-0.25, -0.2) is 13.8 Å². The van der Waals surface area contributed by atoms with Crippen molar-refractivity contribution in [2.24, 2.45) is 5.92 Å². The van der Waals surface area contributed by atoms with Crippen molar-refractivity contribution in [2.75, 3.05) is 6.61 Å². The van der Waals surface area contributed by atoms with E-state index in [-0.39, 0.29) is 36.2 Å². The molecule has 2 unspecified atom stereocenters. The molecule has 1 aliphatic rings. The van der Waals surface area contributed by atoms with Gasteiger partial charge in [0.15, 0.2) is 6.61 Å². The predicted octanol–water partition coefficient (Wildman–Crippen LogP) is 3.87. The standard InChI is InChI=1S/C23H25F5N4O3/c1-12(2)22(34)30-9-13-3-5-16(23(26,27)28)15(7-13)21-31-17(8-19(33)32-21)14-4-6-20(29-10-14)35-11-18(24)25/h3-7,10,12,17-18,21,31H,8-9,11H2,1-2H3,(H,30,34)(H,32,33). The maximum absolute atomic E-state index is 13.8. The normalized spacial score (nSPS) is 18.5. The molecule has 1 aromatic heterocycles. The number of ether oxygens (including phenoxy) is 1. The third-order valence-electron chi connectivity index (χ3n) is 5.30. The number of nitrogens with zero attached hydrogens (tertiary/aromatic N) is 1. The smallest absolute Gasteiger partial charge is 0.416 e. The van der Waals surface area contributed by atoms with E-state index in [0.717, 1.165) is 6.07 Å². The summed E-state index contributed by atoms with van der Waals surface area (Å²) in [5, 5.41) is 8.18. The van der Waals surface area contributed by atoms with Gasteiger partial charge in [0.1, 0.15) is 6.17 Å². The summed E-state index contributed by atoms with van der Waals surface area (Å²) in [6.45, 7) is 2.59. The first kappa shape index (κ1) is 26.3. The predicted molar refractivity (Wildman–Crippen MR) is 115 cm³/mol. The number of amides is 2. The van der Waals surface area contributed by atoms with E-state index < -0.39 is 42.9 Å². The molecule has 2 aromatic rings. The minimum atomic E-state index is -4.68. The minimum absolute atomic E-state index is 0.0241. The number of carbonyl (C=O) groups is 2. The molecular weight excluding hydrogens is 475 g/mol. The number of hydrogen-bond donors (Lipinski definition) is 3. The number of nitrogens with one attached hydrogen (secondary N) is 3. The molecule has 0 bridgehead atoms. The Bertz CT molecular complexity index is 1040. The first-order chi connectivity index (χ1) is 16.4. The highest BCUT2D eigenvalue weighted by atomic mass is 19.4. The van der Waals surface area contributed by atoms with Crippen molar-refractivity contribution in [2.45, 2.75) is 51.6 Å². The Labute approximate surface area is 198 Å². The van der Waals surface area contributed by atoms with Gasteiger partial charge >= 0.3 is 6.18 Å². The molecule has 1 fully saturated rings. The number of carbonyl (C=O) groups excluding carboxylic acids is 2. The first-order valence-electron chi connectivity index (χ1n) is 10.8. The lowest BCUT2D eigenvalue weighted by atomic mass is 9.96. The van der Waals surface area contributed by atoms with E-state index >= 15 is 0 Å². The summed E-state index contributed by atoms with van der Waals surface area (Å²) in [5.41, 5.74) is -0.217. The van der Waals surface area contributed by atoms with Gasteiger partial charge in [-0.05, 0) is 23.3 Å². The van der Waals surface area contributed by atoms with Crippen LogP contribution >= 0.6 is 0 Å². The zero-order valence-corrected chi connectivity index (χ0v) is 19.0. The largest absolute Gasteiger partial charge is 0.472 e. The highest BCUT2D eigenvalue weighted by Crippen LogP contribution is 2.36. The molecule has 0 saturated carbocycles. The summed E-state index contributed by atoms with van der Waals surface area (Å²) < 4.78 is 70.7. The zero-order chi connectivity index (χ0) is 25.8. The molecule has 1 aromatic carbocycles. The fraction of sp³-hybridized carbons (Fsp3) is 0.435. The quantitative estimate of drug-likeness (QED) is 0.479. The second-order valence-corrected chi connectivity index (χ2v) is 8.35. The maximum atomic E-state index is 13.8. The van der Waals surface area contributed by atoms with Crippen LogP contribution in [0.3, 0.4) is 0 Å². The van der Waals surface area contributed by atoms with Crippen LogP contribution in [0, 0.1) is 5.92 Å². The molecule has 0 spiro atoms. The van der Waals surface area contributed by atoms with E-state index in [2.05, 4.69) is 20.9 Å². The van der Waals surface area contributed by atoms with Crippen LogP contribution in [0.5, 0.6) is 5.88 Å². The van der Waals surface area contributed by atoms with Crippen LogP contribution in [-0.2, 0) is 22.3 Å². The van der Waals surface area contributed by atoms with Gasteiger partial charge in [0.05, 0.1) is 5.56 Å². The summed E-state index contributed by atoms with van der Waals surface area (Å²) in [4.78, 5) is 28.2. The number of alkyl halides is 5. The van der Waals surface area contributed by atoms with Gasteiger partial charge in [0.25, 0.3) is 6.43 Å². The highest BCUT2D eigenvalue weighted by molar-refractivity contribution is 5.78. The lowest BCUT2D eigenvalue weighted by Gasteiger charge is -2.33. The number of hydrogen-bond acceptors (Lipinski definition) is 5. The molecule has 1 aliphatic heterocycles. The van der Waals surface area contributed by atoms with Crippen molar-refractivity contribution < 1.29 is 36.3 Å². The van der Waals surface area contributed by atoms with Crippen molar-refractivity contribution >= 4 is 11.8 Å². The Hall–Kier alpha value is -3.28. The number of benzene rings is 1. The van der Waals surface area contributed by atoms with Gasteiger partial charge in [-0.1, -0.05) is 26.0 Å². The van der Waals surface area contributed by atoms with Crippen LogP contribution in [0.4, 0.5) is 22.0 Å². The second kappa shape index (κ2) is 11.0.